The van der Waals surface area contributed by atoms with Crippen molar-refractivity contribution >= 4 is 26.5 Å². The predicted octanol–water partition coefficient (Wildman–Crippen LogP) is 3.51. The van der Waals surface area contributed by atoms with E-state index in [0.29, 0.717) is 17.3 Å². The first-order chi connectivity index (χ1) is 14.0. The van der Waals surface area contributed by atoms with Gasteiger partial charge in [0, 0.05) is 11.6 Å². The Hall–Kier alpha value is -2.68. The SMILES string of the molecule is C=CCc1ccccc1OCC(O)CN(c1nccs1)S(=O)(=O)c1ccccc1. The molecule has 0 radical (unpaired) electrons. The summed E-state index contributed by atoms with van der Waals surface area (Å²) in [5, 5.41) is 12.5. The van der Waals surface area contributed by atoms with Crippen LogP contribution in [0.1, 0.15) is 5.56 Å². The fourth-order valence-corrected chi connectivity index (χ4v) is 5.09. The molecule has 0 aliphatic carbocycles. The molecule has 0 bridgehead atoms. The van der Waals surface area contributed by atoms with Gasteiger partial charge in [-0.15, -0.1) is 17.9 Å². The van der Waals surface area contributed by atoms with Crippen molar-refractivity contribution in [2.75, 3.05) is 17.5 Å². The average molecular weight is 431 g/mol. The molecule has 0 fully saturated rings. The van der Waals surface area contributed by atoms with Crippen molar-refractivity contribution in [1.29, 1.82) is 0 Å². The summed E-state index contributed by atoms with van der Waals surface area (Å²) in [5.41, 5.74) is 0.948. The van der Waals surface area contributed by atoms with E-state index in [4.69, 9.17) is 4.74 Å². The number of aromatic nitrogens is 1. The van der Waals surface area contributed by atoms with Crippen LogP contribution < -0.4 is 9.04 Å². The second kappa shape index (κ2) is 9.69. The van der Waals surface area contributed by atoms with Crippen LogP contribution in [-0.4, -0.2) is 37.8 Å². The van der Waals surface area contributed by atoms with Gasteiger partial charge >= 0.3 is 0 Å². The molecule has 1 unspecified atom stereocenters. The molecule has 8 heteroatoms. The molecule has 0 saturated heterocycles. The van der Waals surface area contributed by atoms with E-state index in [2.05, 4.69) is 11.6 Å². The topological polar surface area (TPSA) is 79.7 Å². The van der Waals surface area contributed by atoms with E-state index in [-0.39, 0.29) is 18.0 Å². The third kappa shape index (κ3) is 5.23. The van der Waals surface area contributed by atoms with Gasteiger partial charge in [0.05, 0.1) is 11.4 Å². The standard InChI is InChI=1S/C21H22N2O4S2/c1-2-8-17-9-6-7-12-20(17)27-16-18(24)15-23(21-22-13-14-28-21)29(25,26)19-10-4-3-5-11-19/h2-7,9-14,18,24H,1,8,15-16H2. The Balaban J connectivity index is 1.76. The summed E-state index contributed by atoms with van der Waals surface area (Å²) in [5.74, 6) is 0.637. The third-order valence-corrected chi connectivity index (χ3v) is 6.79. The number of sulfonamides is 1. The van der Waals surface area contributed by atoms with Gasteiger partial charge in [0.15, 0.2) is 5.13 Å². The number of nitrogens with zero attached hydrogens (tertiary/aromatic N) is 2. The maximum absolute atomic E-state index is 13.1. The number of rotatable bonds is 10. The highest BCUT2D eigenvalue weighted by molar-refractivity contribution is 7.93. The quantitative estimate of drug-likeness (QED) is 0.498. The molecule has 6 nitrogen and oxygen atoms in total. The van der Waals surface area contributed by atoms with E-state index in [9.17, 15) is 13.5 Å². The van der Waals surface area contributed by atoms with Crippen molar-refractivity contribution in [3.8, 4) is 5.75 Å². The fraction of sp³-hybridized carbons (Fsp3) is 0.190. The number of benzene rings is 2. The highest BCUT2D eigenvalue weighted by atomic mass is 32.2. The van der Waals surface area contributed by atoms with E-state index >= 15 is 0 Å². The fourth-order valence-electron chi connectivity index (χ4n) is 2.74. The van der Waals surface area contributed by atoms with Crippen LogP contribution >= 0.6 is 11.3 Å². The van der Waals surface area contributed by atoms with Crippen LogP contribution in [0.25, 0.3) is 0 Å². The normalized spacial score (nSPS) is 12.3. The number of anilines is 1. The molecule has 1 N–H and O–H groups in total. The minimum Gasteiger partial charge on any atom is -0.491 e. The molecule has 29 heavy (non-hydrogen) atoms. The smallest absolute Gasteiger partial charge is 0.266 e. The molecule has 3 rings (SSSR count). The van der Waals surface area contributed by atoms with Gasteiger partial charge < -0.3 is 9.84 Å². The number of para-hydroxylation sites is 1. The molecule has 152 valence electrons. The Morgan fingerprint density at radius 3 is 2.59 bits per heavy atom. The van der Waals surface area contributed by atoms with Gasteiger partial charge in [-0.05, 0) is 30.2 Å². The number of thiazole rings is 1. The van der Waals surface area contributed by atoms with Crippen molar-refractivity contribution in [1.82, 2.24) is 4.98 Å². The highest BCUT2D eigenvalue weighted by Crippen LogP contribution is 2.26. The van der Waals surface area contributed by atoms with Crippen molar-refractivity contribution in [3.05, 3.63) is 84.4 Å². The Morgan fingerprint density at radius 1 is 1.17 bits per heavy atom. The summed E-state index contributed by atoms with van der Waals surface area (Å²) in [6, 6.07) is 15.6. The lowest BCUT2D eigenvalue weighted by Gasteiger charge is -2.24. The minimum atomic E-state index is -3.87. The monoisotopic (exact) mass is 430 g/mol. The van der Waals surface area contributed by atoms with Gasteiger partial charge in [0.25, 0.3) is 10.0 Å². The van der Waals surface area contributed by atoms with Gasteiger partial charge in [-0.25, -0.2) is 17.7 Å². The van der Waals surface area contributed by atoms with Crippen LogP contribution in [0.2, 0.25) is 0 Å². The van der Waals surface area contributed by atoms with Crippen molar-refractivity contribution in [2.24, 2.45) is 0 Å². The van der Waals surface area contributed by atoms with Crippen molar-refractivity contribution in [2.45, 2.75) is 17.4 Å². The van der Waals surface area contributed by atoms with E-state index < -0.39 is 16.1 Å². The first-order valence-electron chi connectivity index (χ1n) is 8.99. The largest absolute Gasteiger partial charge is 0.491 e. The zero-order valence-electron chi connectivity index (χ0n) is 15.7. The first-order valence-corrected chi connectivity index (χ1v) is 11.3. The van der Waals surface area contributed by atoms with E-state index in [0.717, 1.165) is 9.87 Å². The number of hydrogen-bond acceptors (Lipinski definition) is 6. The van der Waals surface area contributed by atoms with Gasteiger partial charge in [0.2, 0.25) is 0 Å². The Kier molecular flexibility index (Phi) is 7.03. The molecule has 1 aromatic heterocycles. The van der Waals surface area contributed by atoms with Crippen LogP contribution in [0.5, 0.6) is 5.75 Å². The molecule has 0 aliphatic heterocycles. The van der Waals surface area contributed by atoms with Crippen molar-refractivity contribution < 1.29 is 18.3 Å². The lowest BCUT2D eigenvalue weighted by Crippen LogP contribution is -2.39. The summed E-state index contributed by atoms with van der Waals surface area (Å²) < 4.78 is 33.1. The molecule has 1 atom stereocenters. The third-order valence-electron chi connectivity index (χ3n) is 4.11. The number of allylic oxidation sites excluding steroid dienone is 1. The lowest BCUT2D eigenvalue weighted by molar-refractivity contribution is 0.114. The van der Waals surface area contributed by atoms with Crippen LogP contribution in [-0.2, 0) is 16.4 Å². The van der Waals surface area contributed by atoms with E-state index in [1.807, 2.05) is 24.3 Å². The Morgan fingerprint density at radius 2 is 1.90 bits per heavy atom. The van der Waals surface area contributed by atoms with Gasteiger partial charge in [0.1, 0.15) is 18.5 Å². The molecule has 2 aromatic carbocycles. The molecule has 1 heterocycles. The number of aliphatic hydroxyl groups excluding tert-OH is 1. The van der Waals surface area contributed by atoms with Gasteiger partial charge in [-0.3, -0.25) is 0 Å². The molecule has 0 aliphatic rings. The number of aliphatic hydroxyl groups is 1. The van der Waals surface area contributed by atoms with Gasteiger partial charge in [-0.2, -0.15) is 0 Å². The highest BCUT2D eigenvalue weighted by Gasteiger charge is 2.29. The molecule has 3 aromatic rings. The molecular formula is C21H22N2O4S2. The molecule has 0 spiro atoms. The molecule has 0 amide bonds. The molecule has 0 saturated carbocycles. The van der Waals surface area contributed by atoms with Crippen LogP contribution in [0.4, 0.5) is 5.13 Å². The van der Waals surface area contributed by atoms with E-state index in [1.165, 1.54) is 29.7 Å². The second-order valence-electron chi connectivity index (χ2n) is 6.23. The summed E-state index contributed by atoms with van der Waals surface area (Å²) in [7, 11) is -3.87. The van der Waals surface area contributed by atoms with Gasteiger partial charge in [-0.1, -0.05) is 42.5 Å². The number of ether oxygens (including phenoxy) is 1. The molecular weight excluding hydrogens is 408 g/mol. The average Bonchev–Trinajstić information content (AvgIpc) is 3.26. The first kappa shape index (κ1) is 21.0. The Labute approximate surface area is 174 Å². The summed E-state index contributed by atoms with van der Waals surface area (Å²) in [6.45, 7) is 3.50. The summed E-state index contributed by atoms with van der Waals surface area (Å²) in [4.78, 5) is 4.26. The van der Waals surface area contributed by atoms with Crippen LogP contribution in [0, 0.1) is 0 Å². The Bertz CT molecular complexity index is 1020. The maximum atomic E-state index is 13.1. The second-order valence-corrected chi connectivity index (χ2v) is 8.96. The zero-order chi connectivity index (χ0) is 20.7. The maximum Gasteiger partial charge on any atom is 0.266 e. The van der Waals surface area contributed by atoms with E-state index in [1.54, 1.807) is 29.7 Å². The predicted molar refractivity (Wildman–Crippen MR) is 115 cm³/mol. The van der Waals surface area contributed by atoms with Crippen LogP contribution in [0.3, 0.4) is 0 Å². The lowest BCUT2D eigenvalue weighted by atomic mass is 10.1. The summed E-state index contributed by atoms with van der Waals surface area (Å²) >= 11 is 1.19. The van der Waals surface area contributed by atoms with Crippen molar-refractivity contribution in [3.63, 3.8) is 0 Å². The zero-order valence-corrected chi connectivity index (χ0v) is 17.3. The minimum absolute atomic E-state index is 0.0552. The summed E-state index contributed by atoms with van der Waals surface area (Å²) in [6.07, 6.45) is 2.89. The van der Waals surface area contributed by atoms with Crippen LogP contribution in [0.15, 0.2) is 83.7 Å². The number of hydrogen-bond donors (Lipinski definition) is 1.